The van der Waals surface area contributed by atoms with Gasteiger partial charge in [0.05, 0.1) is 5.02 Å². The third kappa shape index (κ3) is 4.46. The lowest BCUT2D eigenvalue weighted by atomic mass is 10.0. The Balaban J connectivity index is 2.68. The van der Waals surface area contributed by atoms with Crippen LogP contribution in [0.5, 0.6) is 5.75 Å². The van der Waals surface area contributed by atoms with E-state index in [1.165, 1.54) is 12.1 Å². The maximum absolute atomic E-state index is 13.3. The Morgan fingerprint density at radius 1 is 1.39 bits per heavy atom. The Kier molecular flexibility index (Phi) is 5.89. The first kappa shape index (κ1) is 15.3. The predicted octanol–water partition coefficient (Wildman–Crippen LogP) is 4.03. The first-order valence-electron chi connectivity index (χ1n) is 6.35. The maximum Gasteiger partial charge on any atom is 0.145 e. The number of halogens is 2. The topological polar surface area (TPSA) is 21.3 Å². The molecule has 0 aromatic heterocycles. The Morgan fingerprint density at radius 3 is 2.67 bits per heavy atom. The Morgan fingerprint density at radius 2 is 2.11 bits per heavy atom. The number of hydrogen-bond donors (Lipinski definition) is 1. The molecule has 1 aromatic rings. The molecule has 1 aromatic carbocycles. The van der Waals surface area contributed by atoms with Crippen LogP contribution in [0.15, 0.2) is 18.2 Å². The van der Waals surface area contributed by atoms with E-state index in [0.717, 1.165) is 25.9 Å². The number of benzene rings is 1. The largest absolute Gasteiger partial charge is 0.486 e. The zero-order valence-corrected chi connectivity index (χ0v) is 12.0. The predicted molar refractivity (Wildman–Crippen MR) is 73.9 cm³/mol. The van der Waals surface area contributed by atoms with Crippen LogP contribution in [-0.2, 0) is 0 Å². The molecule has 2 nitrogen and oxygen atoms in total. The van der Waals surface area contributed by atoms with Gasteiger partial charge in [-0.05, 0) is 38.4 Å². The second-order valence-corrected chi connectivity index (χ2v) is 5.07. The summed E-state index contributed by atoms with van der Waals surface area (Å²) in [5.74, 6) is 0.0636. The molecule has 0 saturated heterocycles. The van der Waals surface area contributed by atoms with Gasteiger partial charge in [0.2, 0.25) is 0 Å². The van der Waals surface area contributed by atoms with Crippen LogP contribution in [0.2, 0.25) is 5.02 Å². The van der Waals surface area contributed by atoms with Crippen molar-refractivity contribution in [1.82, 2.24) is 5.32 Å². The fourth-order valence-electron chi connectivity index (χ4n) is 1.59. The van der Waals surface area contributed by atoms with E-state index in [1.54, 1.807) is 6.07 Å². The lowest BCUT2D eigenvalue weighted by molar-refractivity contribution is 0.0834. The second kappa shape index (κ2) is 6.95. The number of hydrogen-bond acceptors (Lipinski definition) is 2. The molecule has 0 amide bonds. The van der Waals surface area contributed by atoms with E-state index in [2.05, 4.69) is 19.2 Å². The zero-order chi connectivity index (χ0) is 13.6. The molecule has 0 aliphatic rings. The van der Waals surface area contributed by atoms with Crippen molar-refractivity contribution in [1.29, 1.82) is 0 Å². The highest BCUT2D eigenvalue weighted by Crippen LogP contribution is 2.25. The van der Waals surface area contributed by atoms with Crippen LogP contribution in [0.4, 0.5) is 4.39 Å². The third-order valence-electron chi connectivity index (χ3n) is 2.93. The van der Waals surface area contributed by atoms with Gasteiger partial charge in [-0.2, -0.15) is 0 Å². The highest BCUT2D eigenvalue weighted by atomic mass is 35.5. The summed E-state index contributed by atoms with van der Waals surface area (Å²) < 4.78 is 19.2. The summed E-state index contributed by atoms with van der Waals surface area (Å²) in [4.78, 5) is 0. The summed E-state index contributed by atoms with van der Waals surface area (Å²) in [6, 6.07) is 4.54. The van der Waals surface area contributed by atoms with Crippen molar-refractivity contribution in [2.75, 3.05) is 13.1 Å². The van der Waals surface area contributed by atoms with Crippen LogP contribution < -0.4 is 10.1 Å². The quantitative estimate of drug-likeness (QED) is 0.758. The minimum atomic E-state index is -0.450. The number of ether oxygens (including phenoxy) is 1. The van der Waals surface area contributed by atoms with Crippen molar-refractivity contribution in [2.24, 2.45) is 0 Å². The molecule has 1 unspecified atom stereocenters. The molecule has 0 saturated carbocycles. The number of nitrogens with one attached hydrogen (secondary N) is 1. The van der Waals surface area contributed by atoms with Crippen LogP contribution in [0.25, 0.3) is 0 Å². The molecule has 1 atom stereocenters. The van der Waals surface area contributed by atoms with Crippen molar-refractivity contribution >= 4 is 11.6 Å². The molecule has 0 heterocycles. The van der Waals surface area contributed by atoms with Gasteiger partial charge in [-0.3, -0.25) is 0 Å². The van der Waals surface area contributed by atoms with Gasteiger partial charge >= 0.3 is 0 Å². The van der Waals surface area contributed by atoms with E-state index < -0.39 is 5.82 Å². The SMILES string of the molecule is CCCNCC(C)(CC)Oc1ccc(Cl)c(F)c1. The molecule has 1 rings (SSSR count). The Hall–Kier alpha value is -0.800. The number of rotatable bonds is 7. The van der Waals surface area contributed by atoms with Crippen LogP contribution in [0, 0.1) is 5.82 Å². The average molecular weight is 274 g/mol. The molecule has 0 bridgehead atoms. The lowest BCUT2D eigenvalue weighted by Crippen LogP contribution is -2.42. The minimum Gasteiger partial charge on any atom is -0.486 e. The Bertz CT molecular complexity index is 386. The van der Waals surface area contributed by atoms with Gasteiger partial charge in [0, 0.05) is 12.6 Å². The van der Waals surface area contributed by atoms with Crippen molar-refractivity contribution in [3.63, 3.8) is 0 Å². The molecule has 0 aliphatic carbocycles. The summed E-state index contributed by atoms with van der Waals surface area (Å²) >= 11 is 5.65. The van der Waals surface area contributed by atoms with E-state index in [4.69, 9.17) is 16.3 Å². The van der Waals surface area contributed by atoms with E-state index in [0.29, 0.717) is 5.75 Å². The normalized spacial score (nSPS) is 14.3. The fourth-order valence-corrected chi connectivity index (χ4v) is 1.71. The summed E-state index contributed by atoms with van der Waals surface area (Å²) in [7, 11) is 0. The summed E-state index contributed by atoms with van der Waals surface area (Å²) in [5.41, 5.74) is -0.338. The van der Waals surface area contributed by atoms with E-state index in [9.17, 15) is 4.39 Å². The van der Waals surface area contributed by atoms with Gasteiger partial charge < -0.3 is 10.1 Å². The van der Waals surface area contributed by atoms with Gasteiger partial charge in [0.1, 0.15) is 17.2 Å². The molecule has 18 heavy (non-hydrogen) atoms. The molecule has 0 spiro atoms. The first-order valence-corrected chi connectivity index (χ1v) is 6.73. The van der Waals surface area contributed by atoms with E-state index in [-0.39, 0.29) is 10.6 Å². The summed E-state index contributed by atoms with van der Waals surface area (Å²) in [5, 5.41) is 3.44. The first-order chi connectivity index (χ1) is 8.50. The van der Waals surface area contributed by atoms with Crippen LogP contribution in [-0.4, -0.2) is 18.7 Å². The van der Waals surface area contributed by atoms with Crippen LogP contribution >= 0.6 is 11.6 Å². The monoisotopic (exact) mass is 273 g/mol. The molecule has 0 fully saturated rings. The van der Waals surface area contributed by atoms with Gasteiger partial charge in [0.15, 0.2) is 0 Å². The molecule has 0 aliphatic heterocycles. The summed E-state index contributed by atoms with van der Waals surface area (Å²) in [6.45, 7) is 7.88. The van der Waals surface area contributed by atoms with Crippen molar-refractivity contribution in [3.05, 3.63) is 29.0 Å². The van der Waals surface area contributed by atoms with Crippen LogP contribution in [0.3, 0.4) is 0 Å². The van der Waals surface area contributed by atoms with Gasteiger partial charge in [-0.1, -0.05) is 25.4 Å². The van der Waals surface area contributed by atoms with E-state index in [1.807, 2.05) is 6.92 Å². The zero-order valence-electron chi connectivity index (χ0n) is 11.2. The summed E-state index contributed by atoms with van der Waals surface area (Å²) in [6.07, 6.45) is 1.92. The lowest BCUT2D eigenvalue weighted by Gasteiger charge is -2.30. The van der Waals surface area contributed by atoms with Crippen LogP contribution in [0.1, 0.15) is 33.6 Å². The Labute approximate surface area is 113 Å². The van der Waals surface area contributed by atoms with Crippen molar-refractivity contribution in [3.8, 4) is 5.75 Å². The van der Waals surface area contributed by atoms with Crippen molar-refractivity contribution in [2.45, 2.75) is 39.2 Å². The fraction of sp³-hybridized carbons (Fsp3) is 0.571. The highest BCUT2D eigenvalue weighted by Gasteiger charge is 2.24. The molecule has 4 heteroatoms. The van der Waals surface area contributed by atoms with Gasteiger partial charge in [-0.15, -0.1) is 0 Å². The molecular formula is C14H21ClFNO. The molecular weight excluding hydrogens is 253 g/mol. The molecule has 1 N–H and O–H groups in total. The van der Waals surface area contributed by atoms with Gasteiger partial charge in [0.25, 0.3) is 0 Å². The smallest absolute Gasteiger partial charge is 0.145 e. The third-order valence-corrected chi connectivity index (χ3v) is 3.24. The molecule has 102 valence electrons. The minimum absolute atomic E-state index is 0.115. The highest BCUT2D eigenvalue weighted by molar-refractivity contribution is 6.30. The van der Waals surface area contributed by atoms with Gasteiger partial charge in [-0.25, -0.2) is 4.39 Å². The standard InChI is InChI=1S/C14H21ClFNO/c1-4-8-17-10-14(3,5-2)18-11-6-7-12(15)13(16)9-11/h6-7,9,17H,4-5,8,10H2,1-3H3. The molecule has 0 radical (unpaired) electrons. The maximum atomic E-state index is 13.3. The average Bonchev–Trinajstić information content (AvgIpc) is 2.34. The van der Waals surface area contributed by atoms with E-state index >= 15 is 0 Å². The van der Waals surface area contributed by atoms with Crippen molar-refractivity contribution < 1.29 is 9.13 Å². The second-order valence-electron chi connectivity index (χ2n) is 4.66.